The molecule has 7 heteroatoms. The van der Waals surface area contributed by atoms with Crippen molar-refractivity contribution in [1.29, 1.82) is 0 Å². The van der Waals surface area contributed by atoms with Crippen molar-refractivity contribution >= 4 is 17.5 Å². The fourth-order valence-electron chi connectivity index (χ4n) is 3.60. The second-order valence-electron chi connectivity index (χ2n) is 7.97. The first-order valence-electron chi connectivity index (χ1n) is 10.7. The van der Waals surface area contributed by atoms with Crippen LogP contribution in [0.25, 0.3) is 0 Å². The second-order valence-corrected chi connectivity index (χ2v) is 7.97. The Morgan fingerprint density at radius 1 is 0.968 bits per heavy atom. The molecule has 3 N–H and O–H groups in total. The number of piperazine rings is 1. The molecule has 1 aliphatic heterocycles. The van der Waals surface area contributed by atoms with Crippen LogP contribution >= 0.6 is 0 Å². The molecule has 1 aromatic heterocycles. The van der Waals surface area contributed by atoms with E-state index < -0.39 is 6.10 Å². The van der Waals surface area contributed by atoms with Gasteiger partial charge in [-0.05, 0) is 36.4 Å². The first kappa shape index (κ1) is 21.2. The Morgan fingerprint density at radius 3 is 2.45 bits per heavy atom. The number of aliphatic hydroxyl groups excluding tert-OH is 1. The Hall–Kier alpha value is -3.00. The number of nitrogens with zero attached hydrogens (tertiary/aromatic N) is 4. The lowest BCUT2D eigenvalue weighted by Crippen LogP contribution is -2.43. The van der Waals surface area contributed by atoms with Crippen LogP contribution in [0.2, 0.25) is 0 Å². The van der Waals surface area contributed by atoms with Gasteiger partial charge in [0.05, 0.1) is 6.10 Å². The normalized spacial score (nSPS) is 16.1. The number of hydrogen-bond donors (Lipinski definition) is 3. The van der Waals surface area contributed by atoms with Gasteiger partial charge in [0.15, 0.2) is 0 Å². The van der Waals surface area contributed by atoms with Crippen molar-refractivity contribution in [1.82, 2.24) is 19.8 Å². The largest absolute Gasteiger partial charge is 0.387 e. The average Bonchev–Trinajstić information content (AvgIpc) is 2.81. The van der Waals surface area contributed by atoms with Crippen LogP contribution in [-0.4, -0.2) is 64.6 Å². The summed E-state index contributed by atoms with van der Waals surface area (Å²) in [6, 6.07) is 19.8. The summed E-state index contributed by atoms with van der Waals surface area (Å²) in [5.41, 5.74) is 3.13. The molecule has 1 atom stereocenters. The summed E-state index contributed by atoms with van der Waals surface area (Å²) in [5.74, 6) is 1.19. The SMILES string of the molecule is CN1CCN(Cc2ccc(Nc3nccc(NCC(O)c4ccccc4)n3)cc2)CC1. The highest BCUT2D eigenvalue weighted by Crippen LogP contribution is 2.18. The van der Waals surface area contributed by atoms with E-state index in [1.165, 1.54) is 5.56 Å². The third kappa shape index (κ3) is 6.24. The third-order valence-corrected chi connectivity index (χ3v) is 5.53. The third-order valence-electron chi connectivity index (χ3n) is 5.53. The van der Waals surface area contributed by atoms with Gasteiger partial charge in [-0.1, -0.05) is 42.5 Å². The zero-order valence-electron chi connectivity index (χ0n) is 17.9. The van der Waals surface area contributed by atoms with Crippen molar-refractivity contribution in [3.8, 4) is 0 Å². The van der Waals surface area contributed by atoms with Gasteiger partial charge in [0.1, 0.15) is 5.82 Å². The average molecular weight is 419 g/mol. The van der Waals surface area contributed by atoms with Crippen LogP contribution in [0.15, 0.2) is 66.9 Å². The molecule has 1 fully saturated rings. The highest BCUT2D eigenvalue weighted by molar-refractivity contribution is 5.55. The molecule has 0 saturated carbocycles. The Labute approximate surface area is 183 Å². The number of hydrogen-bond acceptors (Lipinski definition) is 7. The van der Waals surface area contributed by atoms with Gasteiger partial charge in [0, 0.05) is 51.2 Å². The van der Waals surface area contributed by atoms with Crippen LogP contribution in [0.5, 0.6) is 0 Å². The van der Waals surface area contributed by atoms with E-state index in [-0.39, 0.29) is 0 Å². The number of aromatic nitrogens is 2. The van der Waals surface area contributed by atoms with Crippen molar-refractivity contribution in [3.63, 3.8) is 0 Å². The van der Waals surface area contributed by atoms with E-state index in [0.717, 1.165) is 44.0 Å². The number of benzene rings is 2. The zero-order valence-corrected chi connectivity index (χ0v) is 17.9. The van der Waals surface area contributed by atoms with E-state index in [1.54, 1.807) is 12.3 Å². The predicted molar refractivity (Wildman–Crippen MR) is 124 cm³/mol. The number of rotatable bonds is 8. The Kier molecular flexibility index (Phi) is 7.09. The predicted octanol–water partition coefficient (Wildman–Crippen LogP) is 3.11. The van der Waals surface area contributed by atoms with Gasteiger partial charge >= 0.3 is 0 Å². The van der Waals surface area contributed by atoms with E-state index in [0.29, 0.717) is 18.3 Å². The maximum atomic E-state index is 10.3. The number of aliphatic hydroxyl groups is 1. The van der Waals surface area contributed by atoms with Gasteiger partial charge in [-0.3, -0.25) is 4.90 Å². The fourth-order valence-corrected chi connectivity index (χ4v) is 3.60. The molecule has 2 aromatic carbocycles. The molecule has 0 bridgehead atoms. The number of nitrogens with one attached hydrogen (secondary N) is 2. The smallest absolute Gasteiger partial charge is 0.229 e. The van der Waals surface area contributed by atoms with E-state index >= 15 is 0 Å². The van der Waals surface area contributed by atoms with Crippen molar-refractivity contribution in [3.05, 3.63) is 78.0 Å². The molecular formula is C24H30N6O. The topological polar surface area (TPSA) is 76.5 Å². The van der Waals surface area contributed by atoms with Crippen LogP contribution < -0.4 is 10.6 Å². The summed E-state index contributed by atoms with van der Waals surface area (Å²) < 4.78 is 0. The molecule has 2 heterocycles. The molecule has 3 aromatic rings. The molecule has 1 aliphatic rings. The van der Waals surface area contributed by atoms with Crippen LogP contribution in [0.3, 0.4) is 0 Å². The summed E-state index contributed by atoms with van der Waals surface area (Å²) in [4.78, 5) is 13.7. The number of likely N-dealkylation sites (N-methyl/N-ethyl adjacent to an activating group) is 1. The van der Waals surface area contributed by atoms with Crippen LogP contribution in [0, 0.1) is 0 Å². The first-order chi connectivity index (χ1) is 15.2. The summed E-state index contributed by atoms with van der Waals surface area (Å²) in [6.07, 6.45) is 1.11. The Balaban J connectivity index is 1.30. The zero-order chi connectivity index (χ0) is 21.5. The summed E-state index contributed by atoms with van der Waals surface area (Å²) in [6.45, 7) is 5.84. The highest BCUT2D eigenvalue weighted by atomic mass is 16.3. The van der Waals surface area contributed by atoms with Gasteiger partial charge in [-0.15, -0.1) is 0 Å². The molecule has 7 nitrogen and oxygen atoms in total. The molecule has 31 heavy (non-hydrogen) atoms. The molecular weight excluding hydrogens is 388 g/mol. The van der Waals surface area contributed by atoms with E-state index in [1.807, 2.05) is 30.3 Å². The minimum Gasteiger partial charge on any atom is -0.387 e. The summed E-state index contributed by atoms with van der Waals surface area (Å²) >= 11 is 0. The molecule has 4 rings (SSSR count). The van der Waals surface area contributed by atoms with Gasteiger partial charge in [0.25, 0.3) is 0 Å². The maximum Gasteiger partial charge on any atom is 0.229 e. The first-order valence-corrected chi connectivity index (χ1v) is 10.7. The molecule has 0 radical (unpaired) electrons. The maximum absolute atomic E-state index is 10.3. The quantitative estimate of drug-likeness (QED) is 0.519. The molecule has 1 saturated heterocycles. The lowest BCUT2D eigenvalue weighted by Gasteiger charge is -2.32. The Morgan fingerprint density at radius 2 is 1.71 bits per heavy atom. The molecule has 0 spiro atoms. The minimum absolute atomic E-state index is 0.376. The molecule has 0 amide bonds. The van der Waals surface area contributed by atoms with Gasteiger partial charge < -0.3 is 20.6 Å². The van der Waals surface area contributed by atoms with Crippen LogP contribution in [0.1, 0.15) is 17.2 Å². The van der Waals surface area contributed by atoms with Crippen molar-refractivity contribution in [2.75, 3.05) is 50.4 Å². The van der Waals surface area contributed by atoms with E-state index in [9.17, 15) is 5.11 Å². The van der Waals surface area contributed by atoms with E-state index in [4.69, 9.17) is 0 Å². The lowest BCUT2D eigenvalue weighted by atomic mass is 10.1. The fraction of sp³-hybridized carbons (Fsp3) is 0.333. The van der Waals surface area contributed by atoms with Gasteiger partial charge in [0.2, 0.25) is 5.95 Å². The monoisotopic (exact) mass is 418 g/mol. The molecule has 1 unspecified atom stereocenters. The second kappa shape index (κ2) is 10.3. The van der Waals surface area contributed by atoms with Crippen LogP contribution in [0.4, 0.5) is 17.5 Å². The van der Waals surface area contributed by atoms with Gasteiger partial charge in [-0.2, -0.15) is 4.98 Å². The standard InChI is InChI=1S/C24H30N6O/c1-29-13-15-30(16-14-29)18-19-7-9-21(10-8-19)27-24-25-12-11-23(28-24)26-17-22(31)20-5-3-2-4-6-20/h2-12,22,31H,13-18H2,1H3,(H2,25,26,27,28). The molecule has 162 valence electrons. The summed E-state index contributed by atoms with van der Waals surface area (Å²) in [7, 11) is 2.18. The lowest BCUT2D eigenvalue weighted by molar-refractivity contribution is 0.148. The van der Waals surface area contributed by atoms with Crippen molar-refractivity contribution in [2.24, 2.45) is 0 Å². The van der Waals surface area contributed by atoms with Crippen molar-refractivity contribution < 1.29 is 5.11 Å². The minimum atomic E-state index is -0.597. The highest BCUT2D eigenvalue weighted by Gasteiger charge is 2.13. The summed E-state index contributed by atoms with van der Waals surface area (Å²) in [5, 5.41) is 16.7. The van der Waals surface area contributed by atoms with Crippen molar-refractivity contribution in [2.45, 2.75) is 12.6 Å². The van der Waals surface area contributed by atoms with Gasteiger partial charge in [-0.25, -0.2) is 4.98 Å². The van der Waals surface area contributed by atoms with Crippen LogP contribution in [-0.2, 0) is 6.54 Å². The number of anilines is 3. The molecule has 0 aliphatic carbocycles. The Bertz CT molecular complexity index is 942. The van der Waals surface area contributed by atoms with E-state index in [2.05, 4.69) is 61.7 Å².